The molecule has 0 amide bonds. The molecule has 0 aliphatic heterocycles. The molecule has 1 rings (SSSR count). The minimum Gasteiger partial charge on any atom is -0.346 e. The van der Waals surface area contributed by atoms with Crippen LogP contribution in [-0.4, -0.2) is 25.3 Å². The van der Waals surface area contributed by atoms with Crippen LogP contribution >= 0.6 is 0 Å². The van der Waals surface area contributed by atoms with E-state index in [0.29, 0.717) is 24.3 Å². The van der Waals surface area contributed by atoms with E-state index in [1.54, 1.807) is 38.1 Å². The van der Waals surface area contributed by atoms with Gasteiger partial charge in [-0.25, -0.2) is 0 Å². The van der Waals surface area contributed by atoms with Crippen LogP contribution in [0.1, 0.15) is 30.9 Å². The Morgan fingerprint density at radius 2 is 1.70 bits per heavy atom. The van der Waals surface area contributed by atoms with Crippen LogP contribution in [0.3, 0.4) is 0 Å². The highest BCUT2D eigenvalue weighted by molar-refractivity contribution is 5.91. The van der Waals surface area contributed by atoms with Gasteiger partial charge < -0.3 is 9.47 Å². The van der Waals surface area contributed by atoms with E-state index in [2.05, 4.69) is 0 Å². The summed E-state index contributed by atoms with van der Waals surface area (Å²) < 4.78 is 10.4. The number of carbonyl (C=O) groups excluding carboxylic acids is 1. The third-order valence-corrected chi connectivity index (χ3v) is 2.66. The van der Waals surface area contributed by atoms with E-state index in [4.69, 9.17) is 14.7 Å². The summed E-state index contributed by atoms with van der Waals surface area (Å²) in [5, 5.41) is 18.0. The molecule has 0 aliphatic carbocycles. The smallest absolute Gasteiger partial charge is 0.219 e. The molecule has 20 heavy (non-hydrogen) atoms. The maximum Gasteiger partial charge on any atom is 0.219 e. The molecule has 5 nitrogen and oxygen atoms in total. The monoisotopic (exact) mass is 272 g/mol. The topological polar surface area (TPSA) is 83.1 Å². The average Bonchev–Trinajstić information content (AvgIpc) is 2.48. The molecule has 0 radical (unpaired) electrons. The number of ether oxygens (including phenoxy) is 2. The van der Waals surface area contributed by atoms with Crippen molar-refractivity contribution in [3.8, 4) is 12.1 Å². The van der Waals surface area contributed by atoms with E-state index in [0.717, 1.165) is 0 Å². The van der Waals surface area contributed by atoms with E-state index < -0.39 is 18.0 Å². The van der Waals surface area contributed by atoms with Crippen molar-refractivity contribution in [3.05, 3.63) is 35.4 Å². The first-order chi connectivity index (χ1) is 9.67. The molecule has 0 heterocycles. The largest absolute Gasteiger partial charge is 0.346 e. The van der Waals surface area contributed by atoms with Crippen LogP contribution in [0.4, 0.5) is 0 Å². The van der Waals surface area contributed by atoms with Crippen molar-refractivity contribution >= 4 is 5.78 Å². The highest BCUT2D eigenvalue weighted by Crippen LogP contribution is 2.20. The van der Waals surface area contributed by atoms with Gasteiger partial charge in [-0.05, 0) is 31.5 Å². The summed E-state index contributed by atoms with van der Waals surface area (Å²) in [6.45, 7) is 4.15. The average molecular weight is 272 g/mol. The van der Waals surface area contributed by atoms with Gasteiger partial charge in [0.15, 0.2) is 0 Å². The van der Waals surface area contributed by atoms with Crippen LogP contribution in [0, 0.1) is 22.7 Å². The summed E-state index contributed by atoms with van der Waals surface area (Å²) in [5.41, 5.74) is 1.00. The molecule has 1 aromatic carbocycles. The molecule has 0 unspecified atom stereocenters. The summed E-state index contributed by atoms with van der Waals surface area (Å²) in [4.78, 5) is 12.3. The Kier molecular flexibility index (Phi) is 6.39. The van der Waals surface area contributed by atoms with Crippen molar-refractivity contribution in [2.75, 3.05) is 13.2 Å². The van der Waals surface area contributed by atoms with Gasteiger partial charge in [-0.15, -0.1) is 0 Å². The van der Waals surface area contributed by atoms with Gasteiger partial charge in [0.1, 0.15) is 5.92 Å². The quantitative estimate of drug-likeness (QED) is 0.710. The first kappa shape index (κ1) is 15.8. The van der Waals surface area contributed by atoms with Crippen molar-refractivity contribution in [3.63, 3.8) is 0 Å². The van der Waals surface area contributed by atoms with Crippen LogP contribution < -0.4 is 0 Å². The summed E-state index contributed by atoms with van der Waals surface area (Å²) in [6, 6.07) is 10.3. The normalized spacial score (nSPS) is 11.7. The van der Waals surface area contributed by atoms with Crippen LogP contribution in [0.5, 0.6) is 0 Å². The maximum absolute atomic E-state index is 12.3. The van der Waals surface area contributed by atoms with Crippen LogP contribution in [0.2, 0.25) is 0 Å². The number of Topliss-reactive ketones (excluding diaryl/α,β-unsaturated/α-hetero) is 1. The number of nitriles is 2. The SMILES string of the molecule is CCOC(OCC)C(=O)[C@@H](C#N)c1ccc(C#N)cc1. The van der Waals surface area contributed by atoms with E-state index >= 15 is 0 Å². The molecule has 0 spiro atoms. The zero-order chi connectivity index (χ0) is 15.0. The highest BCUT2D eigenvalue weighted by atomic mass is 16.7. The second kappa shape index (κ2) is 8.06. The first-order valence-electron chi connectivity index (χ1n) is 6.34. The minimum absolute atomic E-state index is 0.321. The molecule has 104 valence electrons. The Bertz CT molecular complexity index is 520. The molecule has 0 fully saturated rings. The second-order valence-corrected chi connectivity index (χ2v) is 3.94. The van der Waals surface area contributed by atoms with Gasteiger partial charge in [-0.3, -0.25) is 4.79 Å². The number of rotatable bonds is 7. The number of hydrogen-bond acceptors (Lipinski definition) is 5. The van der Waals surface area contributed by atoms with E-state index in [1.165, 1.54) is 0 Å². The second-order valence-electron chi connectivity index (χ2n) is 3.94. The molecule has 0 bridgehead atoms. The Morgan fingerprint density at radius 1 is 1.15 bits per heavy atom. The molecule has 5 heteroatoms. The lowest BCUT2D eigenvalue weighted by molar-refractivity contribution is -0.168. The van der Waals surface area contributed by atoms with Gasteiger partial charge in [0.25, 0.3) is 0 Å². The highest BCUT2D eigenvalue weighted by Gasteiger charge is 2.29. The minimum atomic E-state index is -1.04. The summed E-state index contributed by atoms with van der Waals surface area (Å²) >= 11 is 0. The molecule has 0 N–H and O–H groups in total. The van der Waals surface area contributed by atoms with Crippen LogP contribution in [-0.2, 0) is 14.3 Å². The number of hydrogen-bond donors (Lipinski definition) is 0. The standard InChI is InChI=1S/C15H16N2O3/c1-3-19-15(20-4-2)14(18)13(10-17)12-7-5-11(9-16)6-8-12/h5-8,13,15H,3-4H2,1-2H3/t13-/m0/s1. The van der Waals surface area contributed by atoms with Gasteiger partial charge in [-0.1, -0.05) is 12.1 Å². The first-order valence-corrected chi connectivity index (χ1v) is 6.34. The fraction of sp³-hybridized carbons (Fsp3) is 0.400. The number of carbonyl (C=O) groups is 1. The third-order valence-electron chi connectivity index (χ3n) is 2.66. The summed E-state index contributed by atoms with van der Waals surface area (Å²) in [7, 11) is 0. The fourth-order valence-electron chi connectivity index (χ4n) is 1.70. The fourth-order valence-corrected chi connectivity index (χ4v) is 1.70. The zero-order valence-corrected chi connectivity index (χ0v) is 11.5. The van der Waals surface area contributed by atoms with E-state index in [-0.39, 0.29) is 0 Å². The van der Waals surface area contributed by atoms with Crippen LogP contribution in [0.15, 0.2) is 24.3 Å². The van der Waals surface area contributed by atoms with Crippen LogP contribution in [0.25, 0.3) is 0 Å². The molecular weight excluding hydrogens is 256 g/mol. The molecule has 0 saturated carbocycles. The Hall–Kier alpha value is -2.21. The van der Waals surface area contributed by atoms with Crippen molar-refractivity contribution in [2.45, 2.75) is 26.1 Å². The Morgan fingerprint density at radius 3 is 2.10 bits per heavy atom. The third kappa shape index (κ3) is 3.89. The summed E-state index contributed by atoms with van der Waals surface area (Å²) in [5.74, 6) is -1.40. The predicted molar refractivity (Wildman–Crippen MR) is 71.6 cm³/mol. The molecule has 0 saturated heterocycles. The van der Waals surface area contributed by atoms with Crippen molar-refractivity contribution in [1.29, 1.82) is 10.5 Å². The van der Waals surface area contributed by atoms with Gasteiger partial charge in [-0.2, -0.15) is 10.5 Å². The lowest BCUT2D eigenvalue weighted by Crippen LogP contribution is -2.31. The van der Waals surface area contributed by atoms with Crippen molar-refractivity contribution in [2.24, 2.45) is 0 Å². The Balaban J connectivity index is 2.96. The van der Waals surface area contributed by atoms with Crippen molar-refractivity contribution < 1.29 is 14.3 Å². The molecular formula is C15H16N2O3. The lowest BCUT2D eigenvalue weighted by atomic mass is 9.95. The molecule has 1 aromatic rings. The Labute approximate surface area is 118 Å². The molecule has 0 aliphatic rings. The summed E-state index contributed by atoms with van der Waals surface area (Å²) in [6.07, 6.45) is -1.04. The maximum atomic E-state index is 12.3. The van der Waals surface area contributed by atoms with Gasteiger partial charge in [0, 0.05) is 13.2 Å². The number of benzene rings is 1. The van der Waals surface area contributed by atoms with Gasteiger partial charge >= 0.3 is 0 Å². The van der Waals surface area contributed by atoms with E-state index in [1.807, 2.05) is 12.1 Å². The van der Waals surface area contributed by atoms with Gasteiger partial charge in [0.2, 0.25) is 12.1 Å². The lowest BCUT2D eigenvalue weighted by Gasteiger charge is -2.18. The van der Waals surface area contributed by atoms with Gasteiger partial charge in [0.05, 0.1) is 17.7 Å². The predicted octanol–water partition coefficient (Wildman–Crippen LogP) is 2.13. The molecule has 0 aromatic heterocycles. The molecule has 1 atom stereocenters. The zero-order valence-electron chi connectivity index (χ0n) is 11.5. The number of nitrogens with zero attached hydrogens (tertiary/aromatic N) is 2. The van der Waals surface area contributed by atoms with E-state index in [9.17, 15) is 10.1 Å². The number of ketones is 1. The van der Waals surface area contributed by atoms with Crippen molar-refractivity contribution in [1.82, 2.24) is 0 Å².